The van der Waals surface area contributed by atoms with Gasteiger partial charge in [0.25, 0.3) is 5.69 Å². The molecule has 2 rings (SSSR count). The molecule has 0 aliphatic rings. The number of nitro groups is 1. The minimum Gasteiger partial charge on any atom is -0.258 e. The molecule has 0 bridgehead atoms. The lowest BCUT2D eigenvalue weighted by Gasteiger charge is -2.10. The Kier molecular flexibility index (Phi) is 4.81. The van der Waals surface area contributed by atoms with E-state index < -0.39 is 16.8 Å². The van der Waals surface area contributed by atoms with Crippen molar-refractivity contribution in [2.45, 2.75) is 11.1 Å². The fourth-order valence-electron chi connectivity index (χ4n) is 1.59. The molecule has 0 aromatic heterocycles. The predicted molar refractivity (Wildman–Crippen MR) is 78.0 cm³/mol. The van der Waals surface area contributed by atoms with Gasteiger partial charge >= 0.3 is 6.18 Å². The fourth-order valence-corrected chi connectivity index (χ4v) is 2.25. The van der Waals surface area contributed by atoms with Crippen molar-refractivity contribution in [3.05, 3.63) is 70.3 Å². The summed E-state index contributed by atoms with van der Waals surface area (Å²) < 4.78 is 42.7. The number of hydrogen-bond acceptors (Lipinski definition) is 4. The first-order chi connectivity index (χ1) is 10.4. The van der Waals surface area contributed by atoms with Crippen LogP contribution in [0.3, 0.4) is 0 Å². The Labute approximate surface area is 128 Å². The lowest BCUT2D eigenvalue weighted by atomic mass is 10.1. The van der Waals surface area contributed by atoms with Gasteiger partial charge in [-0.2, -0.15) is 13.2 Å². The predicted octanol–water partition coefficient (Wildman–Crippen LogP) is 4.65. The molecule has 0 unspecified atom stereocenters. The van der Waals surface area contributed by atoms with Crippen LogP contribution in [0.4, 0.5) is 18.9 Å². The van der Waals surface area contributed by atoms with Crippen LogP contribution in [0, 0.1) is 10.1 Å². The first-order valence-corrected chi connectivity index (χ1v) is 6.77. The highest BCUT2D eigenvalue weighted by Crippen LogP contribution is 2.28. The van der Waals surface area contributed by atoms with Gasteiger partial charge < -0.3 is 0 Å². The van der Waals surface area contributed by atoms with Crippen LogP contribution < -0.4 is 0 Å². The highest BCUT2D eigenvalue weighted by Gasteiger charge is 2.36. The second-order valence-corrected chi connectivity index (χ2v) is 4.98. The standard InChI is InChI=1S/C14H9F3N2O2S/c15-14(16,17)13(10-4-2-1-3-5-10)18-22-12-8-6-11(7-9-12)19(20)21/h1-9H/b18-13-. The molecular formula is C14H9F3N2O2S. The molecule has 0 spiro atoms. The average molecular weight is 326 g/mol. The second-order valence-electron chi connectivity index (χ2n) is 4.15. The van der Waals surface area contributed by atoms with Gasteiger partial charge in [0.1, 0.15) is 0 Å². The maximum atomic E-state index is 13.0. The number of benzene rings is 2. The minimum absolute atomic E-state index is 0.0376. The van der Waals surface area contributed by atoms with E-state index in [1.807, 2.05) is 0 Å². The molecule has 0 amide bonds. The molecule has 0 saturated carbocycles. The van der Waals surface area contributed by atoms with Crippen molar-refractivity contribution < 1.29 is 18.1 Å². The molecule has 0 heterocycles. The summed E-state index contributed by atoms with van der Waals surface area (Å²) in [5.74, 6) is 0. The normalized spacial score (nSPS) is 12.2. The van der Waals surface area contributed by atoms with Crippen LogP contribution in [0.15, 0.2) is 63.9 Å². The van der Waals surface area contributed by atoms with Crippen molar-refractivity contribution in [2.75, 3.05) is 0 Å². The Balaban J connectivity index is 2.26. The van der Waals surface area contributed by atoms with Crippen molar-refractivity contribution >= 4 is 23.3 Å². The topological polar surface area (TPSA) is 55.5 Å². The zero-order chi connectivity index (χ0) is 16.2. The van der Waals surface area contributed by atoms with E-state index in [9.17, 15) is 23.3 Å². The summed E-state index contributed by atoms with van der Waals surface area (Å²) in [5.41, 5.74) is -1.17. The molecule has 0 aliphatic carbocycles. The Morgan fingerprint density at radius 1 is 1.05 bits per heavy atom. The first kappa shape index (κ1) is 16.0. The molecular weight excluding hydrogens is 317 g/mol. The highest BCUT2D eigenvalue weighted by atomic mass is 32.2. The smallest absolute Gasteiger partial charge is 0.258 e. The largest absolute Gasteiger partial charge is 0.434 e. The van der Waals surface area contributed by atoms with E-state index in [0.717, 1.165) is 0 Å². The van der Waals surface area contributed by atoms with E-state index >= 15 is 0 Å². The molecule has 114 valence electrons. The van der Waals surface area contributed by atoms with Crippen LogP contribution in [0.2, 0.25) is 0 Å². The van der Waals surface area contributed by atoms with E-state index in [4.69, 9.17) is 0 Å². The van der Waals surface area contributed by atoms with Gasteiger partial charge in [-0.05, 0) is 12.1 Å². The van der Waals surface area contributed by atoms with Crippen molar-refractivity contribution in [3.8, 4) is 0 Å². The molecule has 0 aliphatic heterocycles. The monoisotopic (exact) mass is 326 g/mol. The van der Waals surface area contributed by atoms with E-state index in [0.29, 0.717) is 16.8 Å². The van der Waals surface area contributed by atoms with E-state index in [-0.39, 0.29) is 11.3 Å². The van der Waals surface area contributed by atoms with Crippen LogP contribution in [0.25, 0.3) is 0 Å². The van der Waals surface area contributed by atoms with Crippen LogP contribution in [-0.4, -0.2) is 16.8 Å². The number of non-ortho nitro benzene ring substituents is 1. The van der Waals surface area contributed by atoms with Gasteiger partial charge in [-0.1, -0.05) is 30.3 Å². The number of nitro benzene ring substituents is 1. The third-order valence-electron chi connectivity index (χ3n) is 2.61. The van der Waals surface area contributed by atoms with Crippen molar-refractivity contribution in [1.82, 2.24) is 0 Å². The van der Waals surface area contributed by atoms with Gasteiger partial charge in [0, 0.05) is 34.5 Å². The molecule has 0 N–H and O–H groups in total. The summed E-state index contributed by atoms with van der Waals surface area (Å²) in [6.07, 6.45) is -4.59. The van der Waals surface area contributed by atoms with E-state index in [1.54, 1.807) is 6.07 Å². The summed E-state index contributed by atoms with van der Waals surface area (Å²) >= 11 is 0.616. The van der Waals surface area contributed by atoms with Gasteiger partial charge in [-0.3, -0.25) is 10.1 Å². The Hall–Kier alpha value is -2.35. The Morgan fingerprint density at radius 2 is 1.64 bits per heavy atom. The van der Waals surface area contributed by atoms with Gasteiger partial charge in [-0.15, -0.1) is 0 Å². The Bertz CT molecular complexity index is 685. The van der Waals surface area contributed by atoms with Crippen LogP contribution in [0.1, 0.15) is 5.56 Å². The third-order valence-corrected chi connectivity index (χ3v) is 3.36. The average Bonchev–Trinajstić information content (AvgIpc) is 2.47. The minimum atomic E-state index is -4.59. The van der Waals surface area contributed by atoms with Crippen LogP contribution in [-0.2, 0) is 0 Å². The van der Waals surface area contributed by atoms with Crippen molar-refractivity contribution in [1.29, 1.82) is 0 Å². The quantitative estimate of drug-likeness (QED) is 0.355. The molecule has 0 saturated heterocycles. The SMILES string of the molecule is O=[N+]([O-])c1ccc(S/N=C(/c2ccccc2)C(F)(F)F)cc1. The zero-order valence-electron chi connectivity index (χ0n) is 10.9. The van der Waals surface area contributed by atoms with Crippen molar-refractivity contribution in [2.24, 2.45) is 4.40 Å². The number of rotatable bonds is 4. The van der Waals surface area contributed by atoms with Gasteiger partial charge in [0.2, 0.25) is 0 Å². The summed E-state index contributed by atoms with van der Waals surface area (Å²) in [6, 6.07) is 12.4. The fraction of sp³-hybridized carbons (Fsp3) is 0.0714. The second kappa shape index (κ2) is 6.61. The van der Waals surface area contributed by atoms with E-state index in [1.165, 1.54) is 48.5 Å². The van der Waals surface area contributed by atoms with Crippen LogP contribution >= 0.6 is 11.9 Å². The first-order valence-electron chi connectivity index (χ1n) is 6.00. The molecule has 0 radical (unpaired) electrons. The molecule has 2 aromatic rings. The summed E-state index contributed by atoms with van der Waals surface area (Å²) in [7, 11) is 0. The lowest BCUT2D eigenvalue weighted by molar-refractivity contribution is -0.384. The number of alkyl halides is 3. The number of halogens is 3. The van der Waals surface area contributed by atoms with E-state index in [2.05, 4.69) is 4.40 Å². The third kappa shape index (κ3) is 4.08. The Morgan fingerprint density at radius 3 is 2.14 bits per heavy atom. The number of nitrogens with zero attached hydrogens (tertiary/aromatic N) is 2. The van der Waals surface area contributed by atoms with Gasteiger partial charge in [-0.25, -0.2) is 4.40 Å². The zero-order valence-corrected chi connectivity index (χ0v) is 11.8. The summed E-state index contributed by atoms with van der Waals surface area (Å²) in [5, 5.41) is 10.5. The molecule has 0 atom stereocenters. The maximum Gasteiger partial charge on any atom is 0.434 e. The summed E-state index contributed by atoms with van der Waals surface area (Å²) in [4.78, 5) is 10.3. The van der Waals surface area contributed by atoms with Crippen molar-refractivity contribution in [3.63, 3.8) is 0 Å². The molecule has 22 heavy (non-hydrogen) atoms. The highest BCUT2D eigenvalue weighted by molar-refractivity contribution is 7.98. The molecule has 8 heteroatoms. The van der Waals surface area contributed by atoms with Gasteiger partial charge in [0.15, 0.2) is 5.71 Å². The van der Waals surface area contributed by atoms with Gasteiger partial charge in [0.05, 0.1) is 4.92 Å². The molecule has 2 aromatic carbocycles. The lowest BCUT2D eigenvalue weighted by Crippen LogP contribution is -2.23. The number of hydrogen-bond donors (Lipinski definition) is 0. The maximum absolute atomic E-state index is 13.0. The van der Waals surface area contributed by atoms with Crippen LogP contribution in [0.5, 0.6) is 0 Å². The summed E-state index contributed by atoms with van der Waals surface area (Å²) in [6.45, 7) is 0. The molecule has 0 fully saturated rings. The molecule has 4 nitrogen and oxygen atoms in total.